The molecule has 1 aromatic rings. The molecule has 1 fully saturated rings. The summed E-state index contributed by atoms with van der Waals surface area (Å²) in [6.45, 7) is 5.56. The normalized spacial score (nSPS) is 20.8. The van der Waals surface area contributed by atoms with Crippen molar-refractivity contribution in [2.24, 2.45) is 0 Å². The molecule has 0 radical (unpaired) electrons. The van der Waals surface area contributed by atoms with Gasteiger partial charge in [0.05, 0.1) is 0 Å². The van der Waals surface area contributed by atoms with E-state index in [2.05, 4.69) is 37.4 Å². The minimum absolute atomic E-state index is 0. The first-order valence-corrected chi connectivity index (χ1v) is 5.58. The van der Waals surface area contributed by atoms with Crippen molar-refractivity contribution in [2.45, 2.75) is 39.2 Å². The van der Waals surface area contributed by atoms with E-state index in [0.717, 1.165) is 0 Å². The maximum Gasteiger partial charge on any atom is 0.0322 e. The van der Waals surface area contributed by atoms with E-state index in [-0.39, 0.29) is 12.4 Å². The smallest absolute Gasteiger partial charge is 0.0322 e. The van der Waals surface area contributed by atoms with Crippen molar-refractivity contribution in [3.05, 3.63) is 34.9 Å². The zero-order chi connectivity index (χ0) is 9.97. The van der Waals surface area contributed by atoms with Gasteiger partial charge in [0.2, 0.25) is 0 Å². The lowest BCUT2D eigenvalue weighted by Crippen LogP contribution is -2.27. The SMILES string of the molecule is Cc1ccc(C)c([C@H]2CCCCN2)c1.Cl. The molecule has 1 heterocycles. The Morgan fingerprint density at radius 3 is 2.67 bits per heavy atom. The Kier molecular flexibility index (Phi) is 4.62. The van der Waals surface area contributed by atoms with Crippen molar-refractivity contribution in [1.82, 2.24) is 5.32 Å². The van der Waals surface area contributed by atoms with E-state index in [1.165, 1.54) is 42.5 Å². The van der Waals surface area contributed by atoms with Crippen molar-refractivity contribution in [1.29, 1.82) is 0 Å². The van der Waals surface area contributed by atoms with Gasteiger partial charge in [-0.15, -0.1) is 12.4 Å². The van der Waals surface area contributed by atoms with Gasteiger partial charge in [-0.2, -0.15) is 0 Å². The Labute approximate surface area is 98.7 Å². The molecule has 15 heavy (non-hydrogen) atoms. The fourth-order valence-electron chi connectivity index (χ4n) is 2.25. The Balaban J connectivity index is 0.00000112. The molecule has 1 saturated heterocycles. The third-order valence-electron chi connectivity index (χ3n) is 3.12. The largest absolute Gasteiger partial charge is 0.310 e. The number of piperidine rings is 1. The number of halogens is 1. The zero-order valence-corrected chi connectivity index (χ0v) is 10.4. The van der Waals surface area contributed by atoms with Gasteiger partial charge in [-0.1, -0.05) is 30.2 Å². The minimum atomic E-state index is 0. The molecule has 1 N–H and O–H groups in total. The maximum absolute atomic E-state index is 3.60. The molecule has 1 nitrogen and oxygen atoms in total. The average Bonchev–Trinajstić information content (AvgIpc) is 2.23. The summed E-state index contributed by atoms with van der Waals surface area (Å²) in [5.74, 6) is 0. The number of benzene rings is 1. The molecule has 1 aliphatic heterocycles. The number of rotatable bonds is 1. The summed E-state index contributed by atoms with van der Waals surface area (Å²) in [4.78, 5) is 0. The lowest BCUT2D eigenvalue weighted by atomic mass is 9.93. The molecular formula is C13H20ClN. The minimum Gasteiger partial charge on any atom is -0.310 e. The van der Waals surface area contributed by atoms with Crippen LogP contribution in [0.15, 0.2) is 18.2 Å². The van der Waals surface area contributed by atoms with Crippen LogP contribution >= 0.6 is 12.4 Å². The maximum atomic E-state index is 3.60. The fraction of sp³-hybridized carbons (Fsp3) is 0.538. The molecule has 0 bridgehead atoms. The Morgan fingerprint density at radius 1 is 1.20 bits per heavy atom. The first-order chi connectivity index (χ1) is 6.77. The van der Waals surface area contributed by atoms with Crippen LogP contribution in [0.3, 0.4) is 0 Å². The highest BCUT2D eigenvalue weighted by molar-refractivity contribution is 5.85. The molecule has 0 aliphatic carbocycles. The van der Waals surface area contributed by atoms with Gasteiger partial charge in [-0.05, 0) is 44.4 Å². The van der Waals surface area contributed by atoms with Gasteiger partial charge in [-0.25, -0.2) is 0 Å². The van der Waals surface area contributed by atoms with Crippen molar-refractivity contribution in [2.75, 3.05) is 6.54 Å². The van der Waals surface area contributed by atoms with Crippen LogP contribution in [0, 0.1) is 13.8 Å². The second-order valence-electron chi connectivity index (χ2n) is 4.36. The number of nitrogens with one attached hydrogen (secondary N) is 1. The topological polar surface area (TPSA) is 12.0 Å². The quantitative estimate of drug-likeness (QED) is 0.771. The van der Waals surface area contributed by atoms with Crippen molar-refractivity contribution >= 4 is 12.4 Å². The van der Waals surface area contributed by atoms with Gasteiger partial charge >= 0.3 is 0 Å². The van der Waals surface area contributed by atoms with Crippen LogP contribution in [0.1, 0.15) is 42.0 Å². The van der Waals surface area contributed by atoms with E-state index in [4.69, 9.17) is 0 Å². The zero-order valence-electron chi connectivity index (χ0n) is 9.55. The highest BCUT2D eigenvalue weighted by Crippen LogP contribution is 2.26. The van der Waals surface area contributed by atoms with E-state index in [1.807, 2.05) is 0 Å². The molecular weight excluding hydrogens is 206 g/mol. The first kappa shape index (κ1) is 12.5. The van der Waals surface area contributed by atoms with Crippen LogP contribution in [0.25, 0.3) is 0 Å². The van der Waals surface area contributed by atoms with Crippen LogP contribution in [0.5, 0.6) is 0 Å². The molecule has 1 aliphatic rings. The second-order valence-corrected chi connectivity index (χ2v) is 4.36. The molecule has 84 valence electrons. The van der Waals surface area contributed by atoms with E-state index >= 15 is 0 Å². The van der Waals surface area contributed by atoms with E-state index in [9.17, 15) is 0 Å². The molecule has 0 saturated carbocycles. The van der Waals surface area contributed by atoms with Gasteiger partial charge < -0.3 is 5.32 Å². The van der Waals surface area contributed by atoms with Crippen molar-refractivity contribution in [3.63, 3.8) is 0 Å². The molecule has 0 spiro atoms. The fourth-order valence-corrected chi connectivity index (χ4v) is 2.25. The van der Waals surface area contributed by atoms with Crippen LogP contribution in [-0.2, 0) is 0 Å². The lowest BCUT2D eigenvalue weighted by Gasteiger charge is -2.25. The summed E-state index contributed by atoms with van der Waals surface area (Å²) in [5, 5.41) is 3.60. The van der Waals surface area contributed by atoms with Crippen LogP contribution in [0.4, 0.5) is 0 Å². The lowest BCUT2D eigenvalue weighted by molar-refractivity contribution is 0.411. The number of hydrogen-bond donors (Lipinski definition) is 1. The predicted molar refractivity (Wildman–Crippen MR) is 67.8 cm³/mol. The van der Waals surface area contributed by atoms with Crippen LogP contribution in [0.2, 0.25) is 0 Å². The van der Waals surface area contributed by atoms with E-state index in [0.29, 0.717) is 6.04 Å². The van der Waals surface area contributed by atoms with Gasteiger partial charge in [0.1, 0.15) is 0 Å². The predicted octanol–water partition coefficient (Wildman–Crippen LogP) is 3.54. The summed E-state index contributed by atoms with van der Waals surface area (Å²) >= 11 is 0. The summed E-state index contributed by atoms with van der Waals surface area (Å²) < 4.78 is 0. The highest BCUT2D eigenvalue weighted by atomic mass is 35.5. The van der Waals surface area contributed by atoms with Gasteiger partial charge in [0, 0.05) is 6.04 Å². The summed E-state index contributed by atoms with van der Waals surface area (Å²) in [7, 11) is 0. The van der Waals surface area contributed by atoms with Gasteiger partial charge in [0.25, 0.3) is 0 Å². The highest BCUT2D eigenvalue weighted by Gasteiger charge is 2.15. The Hall–Kier alpha value is -0.530. The molecule has 1 aromatic carbocycles. The van der Waals surface area contributed by atoms with E-state index < -0.39 is 0 Å². The van der Waals surface area contributed by atoms with Gasteiger partial charge in [0.15, 0.2) is 0 Å². The van der Waals surface area contributed by atoms with E-state index in [1.54, 1.807) is 0 Å². The molecule has 0 amide bonds. The summed E-state index contributed by atoms with van der Waals surface area (Å²) in [6, 6.07) is 7.37. The average molecular weight is 226 g/mol. The number of hydrogen-bond acceptors (Lipinski definition) is 1. The third kappa shape index (κ3) is 2.96. The van der Waals surface area contributed by atoms with Crippen molar-refractivity contribution < 1.29 is 0 Å². The first-order valence-electron chi connectivity index (χ1n) is 5.58. The van der Waals surface area contributed by atoms with Crippen LogP contribution in [-0.4, -0.2) is 6.54 Å². The third-order valence-corrected chi connectivity index (χ3v) is 3.12. The molecule has 0 aromatic heterocycles. The van der Waals surface area contributed by atoms with Gasteiger partial charge in [-0.3, -0.25) is 0 Å². The monoisotopic (exact) mass is 225 g/mol. The van der Waals surface area contributed by atoms with Crippen molar-refractivity contribution in [3.8, 4) is 0 Å². The summed E-state index contributed by atoms with van der Waals surface area (Å²) in [6.07, 6.45) is 4.00. The Bertz CT molecular complexity index is 316. The summed E-state index contributed by atoms with van der Waals surface area (Å²) in [5.41, 5.74) is 4.30. The molecule has 1 atom stereocenters. The number of aryl methyl sites for hydroxylation is 2. The van der Waals surface area contributed by atoms with Crippen LogP contribution < -0.4 is 5.32 Å². The Morgan fingerprint density at radius 2 is 2.00 bits per heavy atom. The standard InChI is InChI=1S/C13H19N.ClH/c1-10-6-7-11(2)12(9-10)13-5-3-4-8-14-13;/h6-7,9,13-14H,3-5,8H2,1-2H3;1H/t13-;/m1./s1. The molecule has 0 unspecified atom stereocenters. The molecule has 2 heteroatoms. The molecule has 2 rings (SSSR count). The second kappa shape index (κ2) is 5.53.